The second kappa shape index (κ2) is 6.77. The molecule has 0 aliphatic carbocycles. The Morgan fingerprint density at radius 1 is 1.00 bits per heavy atom. The SMILES string of the molecule is CC(=C=CC#CC(C)(O)c1ccccc1)c1ccccc1. The average molecular weight is 274 g/mol. The second-order valence-corrected chi connectivity index (χ2v) is 4.99. The van der Waals surface area contributed by atoms with Crippen molar-refractivity contribution in [2.45, 2.75) is 19.4 Å². The van der Waals surface area contributed by atoms with Gasteiger partial charge in [0.15, 0.2) is 0 Å². The monoisotopic (exact) mass is 274 g/mol. The van der Waals surface area contributed by atoms with Crippen molar-refractivity contribution in [1.82, 2.24) is 0 Å². The molecule has 2 aromatic rings. The minimum Gasteiger partial charge on any atom is -0.374 e. The van der Waals surface area contributed by atoms with Gasteiger partial charge in [-0.15, -0.1) is 5.73 Å². The maximum atomic E-state index is 10.3. The lowest BCUT2D eigenvalue weighted by Gasteiger charge is -2.16. The lowest BCUT2D eigenvalue weighted by atomic mass is 9.97. The van der Waals surface area contributed by atoms with Crippen LogP contribution in [-0.2, 0) is 5.60 Å². The summed E-state index contributed by atoms with van der Waals surface area (Å²) in [7, 11) is 0. The highest BCUT2D eigenvalue weighted by atomic mass is 16.3. The van der Waals surface area contributed by atoms with Crippen molar-refractivity contribution in [3.63, 3.8) is 0 Å². The Labute approximate surface area is 126 Å². The summed E-state index contributed by atoms with van der Waals surface area (Å²) in [5, 5.41) is 10.3. The van der Waals surface area contributed by atoms with Gasteiger partial charge >= 0.3 is 0 Å². The normalized spacial score (nSPS) is 12.3. The Balaban J connectivity index is 2.18. The van der Waals surface area contributed by atoms with Crippen LogP contribution in [0.3, 0.4) is 0 Å². The van der Waals surface area contributed by atoms with Crippen molar-refractivity contribution in [1.29, 1.82) is 0 Å². The molecule has 2 aromatic carbocycles. The summed E-state index contributed by atoms with van der Waals surface area (Å²) >= 11 is 0. The first kappa shape index (κ1) is 14.9. The van der Waals surface area contributed by atoms with Crippen LogP contribution < -0.4 is 0 Å². The van der Waals surface area contributed by atoms with E-state index < -0.39 is 5.60 Å². The molecule has 104 valence electrons. The third-order valence-electron chi connectivity index (χ3n) is 3.22. The predicted octanol–water partition coefficient (Wildman–Crippen LogP) is 4.16. The van der Waals surface area contributed by atoms with E-state index in [4.69, 9.17) is 0 Å². The lowest BCUT2D eigenvalue weighted by molar-refractivity contribution is 0.122. The lowest BCUT2D eigenvalue weighted by Crippen LogP contribution is -2.17. The molecule has 0 spiro atoms. The Kier molecular flexibility index (Phi) is 4.80. The van der Waals surface area contributed by atoms with Crippen LogP contribution >= 0.6 is 0 Å². The van der Waals surface area contributed by atoms with E-state index >= 15 is 0 Å². The van der Waals surface area contributed by atoms with Crippen LogP contribution in [0.25, 0.3) is 5.57 Å². The summed E-state index contributed by atoms with van der Waals surface area (Å²) in [4.78, 5) is 0. The van der Waals surface area contributed by atoms with Crippen molar-refractivity contribution >= 4 is 5.57 Å². The standard InChI is InChI=1S/C20H18O/c1-17(18-12-5-3-6-13-18)11-9-10-16-20(2,21)19-14-7-4-8-15-19/h3-9,12-15,21H,1-2H3. The molecular weight excluding hydrogens is 256 g/mol. The van der Waals surface area contributed by atoms with Gasteiger partial charge in [0.05, 0.1) is 0 Å². The van der Waals surface area contributed by atoms with Gasteiger partial charge in [-0.1, -0.05) is 72.5 Å². The second-order valence-electron chi connectivity index (χ2n) is 4.99. The number of rotatable bonds is 2. The zero-order chi connectivity index (χ0) is 15.1. The summed E-state index contributed by atoms with van der Waals surface area (Å²) in [6, 6.07) is 19.5. The number of hydrogen-bond acceptors (Lipinski definition) is 1. The van der Waals surface area contributed by atoms with Crippen molar-refractivity contribution in [3.05, 3.63) is 83.6 Å². The first-order chi connectivity index (χ1) is 10.1. The fourth-order valence-corrected chi connectivity index (χ4v) is 1.93. The Morgan fingerprint density at radius 3 is 2.19 bits per heavy atom. The van der Waals surface area contributed by atoms with E-state index in [1.54, 1.807) is 13.0 Å². The van der Waals surface area contributed by atoms with E-state index in [0.29, 0.717) is 0 Å². The summed E-state index contributed by atoms with van der Waals surface area (Å²) < 4.78 is 0. The molecule has 21 heavy (non-hydrogen) atoms. The molecular formula is C20H18O. The highest BCUT2D eigenvalue weighted by Gasteiger charge is 2.18. The number of hydrogen-bond donors (Lipinski definition) is 1. The van der Waals surface area contributed by atoms with E-state index in [2.05, 4.69) is 17.6 Å². The maximum absolute atomic E-state index is 10.3. The Morgan fingerprint density at radius 2 is 1.57 bits per heavy atom. The van der Waals surface area contributed by atoms with E-state index in [0.717, 1.165) is 16.7 Å². The molecule has 0 saturated heterocycles. The molecule has 0 aliphatic heterocycles. The quantitative estimate of drug-likeness (QED) is 0.644. The predicted molar refractivity (Wildman–Crippen MR) is 87.4 cm³/mol. The van der Waals surface area contributed by atoms with Crippen molar-refractivity contribution in [2.24, 2.45) is 0 Å². The van der Waals surface area contributed by atoms with Crippen LogP contribution in [0.5, 0.6) is 0 Å². The minimum absolute atomic E-state index is 0.787. The molecule has 0 fully saturated rings. The smallest absolute Gasteiger partial charge is 0.148 e. The van der Waals surface area contributed by atoms with Crippen molar-refractivity contribution in [2.75, 3.05) is 0 Å². The van der Waals surface area contributed by atoms with Gasteiger partial charge in [-0.05, 0) is 30.5 Å². The molecule has 1 atom stereocenters. The van der Waals surface area contributed by atoms with E-state index in [9.17, 15) is 5.11 Å². The van der Waals surface area contributed by atoms with Crippen LogP contribution in [-0.4, -0.2) is 5.11 Å². The summed E-state index contributed by atoms with van der Waals surface area (Å²) in [6.07, 6.45) is 1.65. The van der Waals surface area contributed by atoms with Gasteiger partial charge in [-0.3, -0.25) is 0 Å². The van der Waals surface area contributed by atoms with Gasteiger partial charge in [0, 0.05) is 6.08 Å². The van der Waals surface area contributed by atoms with Gasteiger partial charge in [0.1, 0.15) is 5.60 Å². The van der Waals surface area contributed by atoms with Gasteiger partial charge in [0.25, 0.3) is 0 Å². The van der Waals surface area contributed by atoms with Crippen LogP contribution in [0.1, 0.15) is 25.0 Å². The molecule has 0 heterocycles. The Hall–Kier alpha value is -2.52. The van der Waals surface area contributed by atoms with Crippen molar-refractivity contribution < 1.29 is 5.11 Å². The molecule has 2 rings (SSSR count). The number of benzene rings is 2. The van der Waals surface area contributed by atoms with Crippen LogP contribution in [0, 0.1) is 11.8 Å². The zero-order valence-corrected chi connectivity index (χ0v) is 12.3. The molecule has 1 N–H and O–H groups in total. The summed E-state index contributed by atoms with van der Waals surface area (Å²) in [5.74, 6) is 5.72. The molecule has 0 radical (unpaired) electrons. The minimum atomic E-state index is -1.15. The highest BCUT2D eigenvalue weighted by Crippen LogP contribution is 2.18. The van der Waals surface area contributed by atoms with Crippen LogP contribution in [0.4, 0.5) is 0 Å². The summed E-state index contributed by atoms with van der Waals surface area (Å²) in [5.41, 5.74) is 4.90. The first-order valence-corrected chi connectivity index (χ1v) is 6.87. The average Bonchev–Trinajstić information content (AvgIpc) is 2.53. The van der Waals surface area contributed by atoms with Crippen molar-refractivity contribution in [3.8, 4) is 11.8 Å². The largest absolute Gasteiger partial charge is 0.374 e. The maximum Gasteiger partial charge on any atom is 0.148 e. The highest BCUT2D eigenvalue weighted by molar-refractivity contribution is 5.63. The first-order valence-electron chi connectivity index (χ1n) is 6.87. The molecule has 1 heteroatoms. The van der Waals surface area contributed by atoms with E-state index in [1.165, 1.54) is 0 Å². The van der Waals surface area contributed by atoms with Gasteiger partial charge in [0.2, 0.25) is 0 Å². The molecule has 0 amide bonds. The van der Waals surface area contributed by atoms with Crippen LogP contribution in [0.15, 0.2) is 72.5 Å². The van der Waals surface area contributed by atoms with Gasteiger partial charge in [-0.25, -0.2) is 0 Å². The number of aliphatic hydroxyl groups is 1. The van der Waals surface area contributed by atoms with Gasteiger partial charge < -0.3 is 5.11 Å². The molecule has 0 aliphatic rings. The van der Waals surface area contributed by atoms with E-state index in [-0.39, 0.29) is 0 Å². The van der Waals surface area contributed by atoms with Gasteiger partial charge in [-0.2, -0.15) is 0 Å². The Bertz CT molecular complexity index is 707. The topological polar surface area (TPSA) is 20.2 Å². The summed E-state index contributed by atoms with van der Waals surface area (Å²) in [6.45, 7) is 3.68. The third kappa shape index (κ3) is 4.23. The molecule has 1 unspecified atom stereocenters. The van der Waals surface area contributed by atoms with Crippen LogP contribution in [0.2, 0.25) is 0 Å². The molecule has 0 aromatic heterocycles. The number of allylic oxidation sites excluding steroid dienone is 1. The zero-order valence-electron chi connectivity index (χ0n) is 12.3. The molecule has 0 bridgehead atoms. The fourth-order valence-electron chi connectivity index (χ4n) is 1.93. The molecule has 1 nitrogen and oxygen atoms in total. The fraction of sp³-hybridized carbons (Fsp3) is 0.150. The van der Waals surface area contributed by atoms with E-state index in [1.807, 2.05) is 67.6 Å². The molecule has 0 saturated carbocycles. The third-order valence-corrected chi connectivity index (χ3v) is 3.22.